The number of carbonyl (C=O) groups excluding carboxylic acids is 1. The van der Waals surface area contributed by atoms with Gasteiger partial charge in [-0.05, 0) is 36.4 Å². The summed E-state index contributed by atoms with van der Waals surface area (Å²) in [7, 11) is 1.91. The van der Waals surface area contributed by atoms with Crippen molar-refractivity contribution in [1.82, 2.24) is 4.90 Å². The fraction of sp³-hybridized carbons (Fsp3) is 0.158. The molecule has 0 saturated carbocycles. The molecule has 3 rings (SSSR count). The van der Waals surface area contributed by atoms with E-state index in [1.165, 1.54) is 16.7 Å². The molecule has 6 heteroatoms. The van der Waals surface area contributed by atoms with Gasteiger partial charge in [-0.3, -0.25) is 15.1 Å². The minimum atomic E-state index is -0.125. The van der Waals surface area contributed by atoms with Gasteiger partial charge in [0.05, 0.1) is 17.1 Å². The lowest BCUT2D eigenvalue weighted by atomic mass is 10.2. The summed E-state index contributed by atoms with van der Waals surface area (Å²) in [5.74, 6) is -0.125. The quantitative estimate of drug-likeness (QED) is 0.622. The van der Waals surface area contributed by atoms with Gasteiger partial charge in [-0.1, -0.05) is 42.5 Å². The molecule has 0 aromatic heterocycles. The van der Waals surface area contributed by atoms with Crippen molar-refractivity contribution in [2.45, 2.75) is 18.4 Å². The fourth-order valence-corrected chi connectivity index (χ4v) is 3.87. The van der Waals surface area contributed by atoms with Crippen LogP contribution in [0.4, 0.5) is 5.69 Å². The molecule has 1 fully saturated rings. The Bertz CT molecular complexity index is 849. The van der Waals surface area contributed by atoms with E-state index in [2.05, 4.69) is 12.6 Å². The van der Waals surface area contributed by atoms with Gasteiger partial charge in [0.15, 0.2) is 5.17 Å². The molecule has 2 aromatic carbocycles. The highest BCUT2D eigenvalue weighted by molar-refractivity contribution is 8.18. The molecule has 128 valence electrons. The Morgan fingerprint density at radius 2 is 1.80 bits per heavy atom. The van der Waals surface area contributed by atoms with Crippen LogP contribution < -0.4 is 4.90 Å². The van der Waals surface area contributed by atoms with Crippen LogP contribution in [-0.2, 0) is 11.3 Å². The van der Waals surface area contributed by atoms with Crippen LogP contribution in [0.3, 0.4) is 0 Å². The molecule has 0 aliphatic carbocycles. The highest BCUT2D eigenvalue weighted by atomic mass is 32.2. The van der Waals surface area contributed by atoms with Crippen LogP contribution in [0, 0.1) is 5.41 Å². The zero-order valence-electron chi connectivity index (χ0n) is 14.1. The third-order valence-electron chi connectivity index (χ3n) is 4.14. The van der Waals surface area contributed by atoms with Gasteiger partial charge in [0.2, 0.25) is 0 Å². The average Bonchev–Trinajstić information content (AvgIpc) is 2.90. The number of anilines is 1. The first kappa shape index (κ1) is 17.6. The molecule has 0 radical (unpaired) electrons. The molecule has 0 unspecified atom stereocenters. The van der Waals surface area contributed by atoms with Crippen molar-refractivity contribution in [3.8, 4) is 0 Å². The Hall–Kier alpha value is -2.18. The Morgan fingerprint density at radius 1 is 1.16 bits per heavy atom. The highest BCUT2D eigenvalue weighted by Gasteiger charge is 2.34. The molecule has 1 heterocycles. The average molecular weight is 370 g/mol. The number of carbonyl (C=O) groups is 1. The number of thiol groups is 1. The molecule has 0 bridgehead atoms. The summed E-state index contributed by atoms with van der Waals surface area (Å²) in [6, 6.07) is 17.5. The zero-order chi connectivity index (χ0) is 18.0. The van der Waals surface area contributed by atoms with Crippen LogP contribution in [0.25, 0.3) is 0 Å². The molecule has 0 spiro atoms. The van der Waals surface area contributed by atoms with Gasteiger partial charge < -0.3 is 4.90 Å². The van der Waals surface area contributed by atoms with Crippen LogP contribution >= 0.6 is 24.4 Å². The van der Waals surface area contributed by atoms with E-state index >= 15 is 0 Å². The van der Waals surface area contributed by atoms with Crippen molar-refractivity contribution < 1.29 is 4.79 Å². The van der Waals surface area contributed by atoms with E-state index < -0.39 is 0 Å². The molecule has 1 saturated heterocycles. The van der Waals surface area contributed by atoms with Crippen LogP contribution in [0.2, 0.25) is 0 Å². The van der Waals surface area contributed by atoms with Crippen molar-refractivity contribution in [2.75, 3.05) is 11.9 Å². The summed E-state index contributed by atoms with van der Waals surface area (Å²) in [4.78, 5) is 17.7. The lowest BCUT2D eigenvalue weighted by Gasteiger charge is -2.22. The van der Waals surface area contributed by atoms with Gasteiger partial charge in [-0.25, -0.2) is 0 Å². The molecule has 0 atom stereocenters. The number of amidine groups is 1. The molecule has 25 heavy (non-hydrogen) atoms. The molecule has 1 aliphatic rings. The molecule has 1 amide bonds. The molecule has 4 nitrogen and oxygen atoms in total. The number of nitrogens with zero attached hydrogens (tertiary/aromatic N) is 2. The lowest BCUT2D eigenvalue weighted by molar-refractivity contribution is -0.122. The van der Waals surface area contributed by atoms with E-state index in [4.69, 9.17) is 5.41 Å². The number of rotatable bonds is 4. The molecular weight excluding hydrogens is 350 g/mol. The maximum absolute atomic E-state index is 12.8. The van der Waals surface area contributed by atoms with Gasteiger partial charge in [-0.15, -0.1) is 12.6 Å². The van der Waals surface area contributed by atoms with Crippen molar-refractivity contribution >= 4 is 41.2 Å². The molecule has 1 aliphatic heterocycles. The van der Waals surface area contributed by atoms with Gasteiger partial charge in [0.25, 0.3) is 5.91 Å². The molecular formula is C19H19N3OS2. The Morgan fingerprint density at radius 3 is 2.48 bits per heavy atom. The number of thioether (sulfide) groups is 1. The predicted molar refractivity (Wildman–Crippen MR) is 107 cm³/mol. The maximum Gasteiger partial charge on any atom is 0.268 e. The topological polar surface area (TPSA) is 47.4 Å². The van der Waals surface area contributed by atoms with Crippen LogP contribution in [0.1, 0.15) is 12.5 Å². The summed E-state index contributed by atoms with van der Waals surface area (Å²) >= 11 is 5.70. The third-order valence-corrected chi connectivity index (χ3v) is 5.61. The van der Waals surface area contributed by atoms with Crippen molar-refractivity contribution in [1.29, 1.82) is 5.41 Å². The summed E-state index contributed by atoms with van der Waals surface area (Å²) in [5.41, 5.74) is 2.75. The molecule has 2 aromatic rings. The van der Waals surface area contributed by atoms with E-state index in [9.17, 15) is 4.79 Å². The number of amides is 1. The van der Waals surface area contributed by atoms with Crippen molar-refractivity contribution in [2.24, 2.45) is 0 Å². The minimum Gasteiger partial charge on any atom is -0.346 e. The minimum absolute atomic E-state index is 0.125. The fourth-order valence-electron chi connectivity index (χ4n) is 2.63. The van der Waals surface area contributed by atoms with Crippen LogP contribution in [0.15, 0.2) is 70.1 Å². The monoisotopic (exact) mass is 369 g/mol. The van der Waals surface area contributed by atoms with Crippen LogP contribution in [0.5, 0.6) is 0 Å². The number of allylic oxidation sites excluding steroid dienone is 1. The SMILES string of the molecule is C/C(=C1\SC(=N)N(Cc2ccccc2)C1=O)N(C)c1ccccc1S. The first-order valence-electron chi connectivity index (χ1n) is 7.84. The second-order valence-electron chi connectivity index (χ2n) is 5.75. The summed E-state index contributed by atoms with van der Waals surface area (Å²) < 4.78 is 0. The lowest BCUT2D eigenvalue weighted by Crippen LogP contribution is -2.29. The number of hydrogen-bond donors (Lipinski definition) is 2. The Labute approximate surface area is 157 Å². The predicted octanol–water partition coefficient (Wildman–Crippen LogP) is 4.35. The van der Waals surface area contributed by atoms with Crippen molar-refractivity contribution in [3.63, 3.8) is 0 Å². The number of nitrogens with one attached hydrogen (secondary N) is 1. The third kappa shape index (κ3) is 3.60. The Kier molecular flexibility index (Phi) is 5.20. The van der Waals surface area contributed by atoms with E-state index in [0.717, 1.165) is 21.8 Å². The normalized spacial score (nSPS) is 16.4. The number of benzene rings is 2. The first-order valence-corrected chi connectivity index (χ1v) is 9.10. The number of hydrogen-bond acceptors (Lipinski definition) is 5. The smallest absolute Gasteiger partial charge is 0.268 e. The van der Waals surface area contributed by atoms with Gasteiger partial charge in [0.1, 0.15) is 0 Å². The molecule has 1 N–H and O–H groups in total. The largest absolute Gasteiger partial charge is 0.346 e. The second kappa shape index (κ2) is 7.37. The highest BCUT2D eigenvalue weighted by Crippen LogP contribution is 2.36. The van der Waals surface area contributed by atoms with E-state index in [1.54, 1.807) is 0 Å². The van der Waals surface area contributed by atoms with E-state index in [0.29, 0.717) is 11.4 Å². The first-order chi connectivity index (χ1) is 12.0. The summed E-state index contributed by atoms with van der Waals surface area (Å²) in [6.07, 6.45) is 0. The van der Waals surface area contributed by atoms with E-state index in [1.807, 2.05) is 73.5 Å². The Balaban J connectivity index is 1.87. The van der Waals surface area contributed by atoms with E-state index in [-0.39, 0.29) is 11.1 Å². The summed E-state index contributed by atoms with van der Waals surface area (Å²) in [6.45, 7) is 2.31. The zero-order valence-corrected chi connectivity index (χ0v) is 15.8. The van der Waals surface area contributed by atoms with Gasteiger partial charge in [0, 0.05) is 17.6 Å². The standard InChI is InChI=1S/C19H19N3OS2/c1-13(21(2)15-10-6-7-11-16(15)24)17-18(23)22(19(20)25-17)12-14-8-4-3-5-9-14/h3-11,20,24H,12H2,1-2H3/b17-13+,20-19?. The number of para-hydroxylation sites is 1. The van der Waals surface area contributed by atoms with Gasteiger partial charge in [-0.2, -0.15) is 0 Å². The second-order valence-corrected chi connectivity index (χ2v) is 7.23. The van der Waals surface area contributed by atoms with Crippen molar-refractivity contribution in [3.05, 3.63) is 70.8 Å². The summed E-state index contributed by atoms with van der Waals surface area (Å²) in [5, 5.41) is 8.46. The van der Waals surface area contributed by atoms with Crippen LogP contribution in [-0.4, -0.2) is 23.0 Å². The maximum atomic E-state index is 12.8. The van der Waals surface area contributed by atoms with Gasteiger partial charge >= 0.3 is 0 Å².